The number of carbonyl (C=O) groups excluding carboxylic acids is 1. The molecule has 0 atom stereocenters. The molecule has 130 valence electrons. The van der Waals surface area contributed by atoms with Crippen LogP contribution in [0.3, 0.4) is 0 Å². The topological polar surface area (TPSA) is 137 Å². The lowest BCUT2D eigenvalue weighted by Gasteiger charge is -2.09. The number of aromatic nitrogens is 1. The second-order valence-electron chi connectivity index (χ2n) is 4.71. The summed E-state index contributed by atoms with van der Waals surface area (Å²) in [6.07, 6.45) is 0.918. The molecule has 10 nitrogen and oxygen atoms in total. The molecule has 0 radical (unpaired) electrons. The van der Waals surface area contributed by atoms with Crippen LogP contribution in [-0.2, 0) is 11.3 Å². The van der Waals surface area contributed by atoms with Crippen LogP contribution in [0.4, 0.5) is 17.1 Å². The normalized spacial score (nSPS) is 10.3. The summed E-state index contributed by atoms with van der Waals surface area (Å²) in [5.41, 5.74) is -1.33. The number of benzene rings is 1. The first-order valence-electron chi connectivity index (χ1n) is 6.47. The Morgan fingerprint density at radius 1 is 1.20 bits per heavy atom. The Morgan fingerprint density at radius 3 is 2.44 bits per heavy atom. The van der Waals surface area contributed by atoms with Crippen LogP contribution in [0.25, 0.3) is 0 Å². The SMILES string of the molecule is O=C(Cn1cc([N+](=O)[O-])cc(Br)c1=O)Nc1cc([N+](=O)[O-])ccc1Cl. The summed E-state index contributed by atoms with van der Waals surface area (Å²) >= 11 is 8.76. The van der Waals surface area contributed by atoms with Crippen LogP contribution < -0.4 is 10.9 Å². The van der Waals surface area contributed by atoms with Crippen molar-refractivity contribution in [3.63, 3.8) is 0 Å². The Morgan fingerprint density at radius 2 is 1.84 bits per heavy atom. The van der Waals surface area contributed by atoms with Crippen LogP contribution in [0.5, 0.6) is 0 Å². The van der Waals surface area contributed by atoms with E-state index < -0.39 is 27.9 Å². The zero-order valence-electron chi connectivity index (χ0n) is 12.1. The molecule has 12 heteroatoms. The van der Waals surface area contributed by atoms with E-state index in [0.717, 1.165) is 22.9 Å². The summed E-state index contributed by atoms with van der Waals surface area (Å²) in [5, 5.41) is 24.0. The van der Waals surface area contributed by atoms with Gasteiger partial charge in [0.1, 0.15) is 6.54 Å². The maximum absolute atomic E-state index is 12.1. The zero-order valence-corrected chi connectivity index (χ0v) is 14.5. The molecule has 1 heterocycles. The Balaban J connectivity index is 2.27. The highest BCUT2D eigenvalue weighted by Crippen LogP contribution is 2.26. The molecule has 2 aromatic rings. The number of rotatable bonds is 5. The number of carbonyl (C=O) groups is 1. The van der Waals surface area contributed by atoms with Gasteiger partial charge in [0.2, 0.25) is 5.91 Å². The lowest BCUT2D eigenvalue weighted by Crippen LogP contribution is -2.28. The number of nitrogens with zero attached hydrogens (tertiary/aromatic N) is 3. The highest BCUT2D eigenvalue weighted by Gasteiger charge is 2.16. The van der Waals surface area contributed by atoms with Gasteiger partial charge < -0.3 is 5.32 Å². The molecule has 0 unspecified atom stereocenters. The van der Waals surface area contributed by atoms with Gasteiger partial charge in [-0.05, 0) is 22.0 Å². The van der Waals surface area contributed by atoms with Gasteiger partial charge in [0, 0.05) is 18.2 Å². The van der Waals surface area contributed by atoms with Crippen molar-refractivity contribution in [1.29, 1.82) is 0 Å². The number of anilines is 1. The lowest BCUT2D eigenvalue weighted by atomic mass is 10.2. The minimum absolute atomic E-state index is 0.0154. The van der Waals surface area contributed by atoms with Gasteiger partial charge in [-0.2, -0.15) is 0 Å². The molecule has 0 aliphatic carbocycles. The van der Waals surface area contributed by atoms with E-state index >= 15 is 0 Å². The first-order chi connectivity index (χ1) is 11.7. The number of amides is 1. The fraction of sp³-hybridized carbons (Fsp3) is 0.0769. The summed E-state index contributed by atoms with van der Waals surface area (Å²) in [5.74, 6) is -0.739. The van der Waals surface area contributed by atoms with Gasteiger partial charge in [-0.25, -0.2) is 0 Å². The monoisotopic (exact) mass is 430 g/mol. The van der Waals surface area contributed by atoms with Crippen LogP contribution in [-0.4, -0.2) is 20.3 Å². The van der Waals surface area contributed by atoms with Crippen LogP contribution >= 0.6 is 27.5 Å². The van der Waals surface area contributed by atoms with Gasteiger partial charge >= 0.3 is 0 Å². The van der Waals surface area contributed by atoms with Crippen LogP contribution in [0.2, 0.25) is 5.02 Å². The second kappa shape index (κ2) is 7.40. The fourth-order valence-corrected chi connectivity index (χ4v) is 2.50. The van der Waals surface area contributed by atoms with Crippen LogP contribution in [0.15, 0.2) is 39.7 Å². The van der Waals surface area contributed by atoms with Gasteiger partial charge in [-0.1, -0.05) is 11.6 Å². The predicted molar refractivity (Wildman–Crippen MR) is 91.8 cm³/mol. The number of nitrogens with one attached hydrogen (secondary N) is 1. The van der Waals surface area contributed by atoms with Crippen molar-refractivity contribution >= 4 is 50.5 Å². The number of pyridine rings is 1. The van der Waals surface area contributed by atoms with E-state index in [1.54, 1.807) is 0 Å². The van der Waals surface area contributed by atoms with Crippen molar-refractivity contribution in [2.45, 2.75) is 6.54 Å². The molecular weight excluding hydrogens is 424 g/mol. The van der Waals surface area contributed by atoms with Crippen molar-refractivity contribution in [3.05, 3.63) is 70.5 Å². The molecule has 0 fully saturated rings. The molecular formula is C13H8BrClN4O6. The first-order valence-corrected chi connectivity index (χ1v) is 7.64. The van der Waals surface area contributed by atoms with Gasteiger partial charge in [0.15, 0.2) is 0 Å². The maximum Gasteiger partial charge on any atom is 0.286 e. The molecule has 0 aliphatic heterocycles. The molecule has 2 rings (SSSR count). The van der Waals surface area contributed by atoms with Crippen molar-refractivity contribution in [1.82, 2.24) is 4.57 Å². The number of non-ortho nitro benzene ring substituents is 1. The summed E-state index contributed by atoms with van der Waals surface area (Å²) in [4.78, 5) is 44.2. The summed E-state index contributed by atoms with van der Waals surface area (Å²) in [6, 6.07) is 4.49. The third-order valence-electron chi connectivity index (χ3n) is 2.99. The minimum Gasteiger partial charge on any atom is -0.323 e. The smallest absolute Gasteiger partial charge is 0.286 e. The van der Waals surface area contributed by atoms with Gasteiger partial charge in [-0.3, -0.25) is 34.4 Å². The number of nitro groups is 2. The highest BCUT2D eigenvalue weighted by molar-refractivity contribution is 9.10. The molecule has 0 aliphatic rings. The predicted octanol–water partition coefficient (Wildman–Crippen LogP) is 2.72. The number of hydrogen-bond acceptors (Lipinski definition) is 6. The minimum atomic E-state index is -0.739. The Kier molecular flexibility index (Phi) is 5.49. The van der Waals surface area contributed by atoms with Gasteiger partial charge in [0.05, 0.1) is 31.2 Å². The van der Waals surface area contributed by atoms with E-state index in [0.29, 0.717) is 0 Å². The molecule has 0 bridgehead atoms. The molecule has 25 heavy (non-hydrogen) atoms. The van der Waals surface area contributed by atoms with Crippen molar-refractivity contribution in [2.75, 3.05) is 5.32 Å². The Bertz CT molecular complexity index is 945. The van der Waals surface area contributed by atoms with E-state index in [4.69, 9.17) is 11.6 Å². The van der Waals surface area contributed by atoms with Crippen molar-refractivity contribution in [2.24, 2.45) is 0 Å². The third-order valence-corrected chi connectivity index (χ3v) is 3.89. The van der Waals surface area contributed by atoms with E-state index in [9.17, 15) is 29.8 Å². The van der Waals surface area contributed by atoms with E-state index in [1.165, 1.54) is 12.1 Å². The van der Waals surface area contributed by atoms with Crippen molar-refractivity contribution in [3.8, 4) is 0 Å². The molecule has 1 amide bonds. The summed E-state index contributed by atoms with van der Waals surface area (Å²) < 4.78 is 0.755. The fourth-order valence-electron chi connectivity index (χ4n) is 1.87. The number of halogens is 2. The molecule has 0 spiro atoms. The van der Waals surface area contributed by atoms with Crippen LogP contribution in [0, 0.1) is 20.2 Å². The summed E-state index contributed by atoms with van der Waals surface area (Å²) in [7, 11) is 0. The Hall–Kier alpha value is -2.79. The summed E-state index contributed by atoms with van der Waals surface area (Å²) in [6.45, 7) is -0.544. The quantitative estimate of drug-likeness (QED) is 0.570. The average molecular weight is 432 g/mol. The maximum atomic E-state index is 12.1. The molecule has 1 aromatic carbocycles. The molecule has 0 saturated heterocycles. The van der Waals surface area contributed by atoms with E-state index in [2.05, 4.69) is 21.2 Å². The highest BCUT2D eigenvalue weighted by atomic mass is 79.9. The molecule has 1 N–H and O–H groups in total. The lowest BCUT2D eigenvalue weighted by molar-refractivity contribution is -0.385. The largest absolute Gasteiger partial charge is 0.323 e. The second-order valence-corrected chi connectivity index (χ2v) is 5.97. The van der Waals surface area contributed by atoms with Gasteiger partial charge in [-0.15, -0.1) is 0 Å². The average Bonchev–Trinajstić information content (AvgIpc) is 2.53. The Labute approximate surface area is 152 Å². The van der Waals surface area contributed by atoms with E-state index in [1.807, 2.05) is 0 Å². The molecule has 1 aromatic heterocycles. The number of nitro benzene ring substituents is 1. The third kappa shape index (κ3) is 4.39. The van der Waals surface area contributed by atoms with Gasteiger partial charge in [0.25, 0.3) is 16.9 Å². The van der Waals surface area contributed by atoms with Crippen molar-refractivity contribution < 1.29 is 14.6 Å². The van der Waals surface area contributed by atoms with Crippen LogP contribution in [0.1, 0.15) is 0 Å². The molecule has 0 saturated carbocycles. The van der Waals surface area contributed by atoms with E-state index in [-0.39, 0.29) is 26.6 Å². The number of hydrogen-bond donors (Lipinski definition) is 1. The standard InChI is InChI=1S/C13H8BrClN4O6/c14-9-3-8(19(24)25)5-17(13(9)21)6-12(20)16-11-4-7(18(22)23)1-2-10(11)15/h1-5H,6H2,(H,16,20). The zero-order chi connectivity index (χ0) is 18.7. The first kappa shape index (κ1) is 18.5.